The number of hydrogen-bond acceptors (Lipinski definition) is 4. The van der Waals surface area contributed by atoms with E-state index >= 15 is 0 Å². The van der Waals surface area contributed by atoms with E-state index in [1.807, 2.05) is 13.8 Å². The molecule has 0 unspecified atom stereocenters. The maximum atomic E-state index is 13.3. The second kappa shape index (κ2) is 13.3. The summed E-state index contributed by atoms with van der Waals surface area (Å²) in [5, 5.41) is 3.60. The highest BCUT2D eigenvalue weighted by Crippen LogP contribution is 2.24. The third-order valence-corrected chi connectivity index (χ3v) is 7.71. The molecular weight excluding hydrogens is 528 g/mol. The summed E-state index contributed by atoms with van der Waals surface area (Å²) in [6.07, 6.45) is 1.98. The van der Waals surface area contributed by atoms with E-state index in [9.17, 15) is 22.4 Å². The smallest absolute Gasteiger partial charge is 0.242 e. The standard InChI is InChI=1S/C25H32Cl2FN3O4S/c1-5-17(2)29-25(33)18(3)30(16-19-8-13-22(26)23(27)15-19)24(32)7-6-14-31(36(4,34)35)21-11-9-20(28)10-12-21/h8-13,15,17-18H,5-7,14,16H2,1-4H3,(H,29,33)/t17-,18+/m0/s1. The van der Waals surface area contributed by atoms with Gasteiger partial charge in [0.2, 0.25) is 21.8 Å². The highest BCUT2D eigenvalue weighted by Gasteiger charge is 2.27. The van der Waals surface area contributed by atoms with Gasteiger partial charge < -0.3 is 10.2 Å². The van der Waals surface area contributed by atoms with Gasteiger partial charge in [0.15, 0.2) is 0 Å². The highest BCUT2D eigenvalue weighted by atomic mass is 35.5. The van der Waals surface area contributed by atoms with E-state index in [-0.39, 0.29) is 43.8 Å². The van der Waals surface area contributed by atoms with Crippen LogP contribution in [0.1, 0.15) is 45.6 Å². The number of carbonyl (C=O) groups excluding carboxylic acids is 2. The molecule has 36 heavy (non-hydrogen) atoms. The summed E-state index contributed by atoms with van der Waals surface area (Å²) in [5.74, 6) is -1.09. The summed E-state index contributed by atoms with van der Waals surface area (Å²) in [7, 11) is -3.66. The Labute approximate surface area is 222 Å². The average Bonchev–Trinajstić information content (AvgIpc) is 2.81. The van der Waals surface area contributed by atoms with Gasteiger partial charge in [-0.1, -0.05) is 36.2 Å². The molecule has 7 nitrogen and oxygen atoms in total. The fraction of sp³-hybridized carbons (Fsp3) is 0.440. The lowest BCUT2D eigenvalue weighted by atomic mass is 10.1. The molecule has 0 aliphatic carbocycles. The van der Waals surface area contributed by atoms with Crippen molar-refractivity contribution in [2.24, 2.45) is 0 Å². The molecule has 0 heterocycles. The number of carbonyl (C=O) groups is 2. The molecule has 0 aromatic heterocycles. The lowest BCUT2D eigenvalue weighted by Gasteiger charge is -2.30. The first-order valence-corrected chi connectivity index (χ1v) is 14.2. The summed E-state index contributed by atoms with van der Waals surface area (Å²) in [6.45, 7) is 5.62. The normalized spacial score (nSPS) is 13.1. The quantitative estimate of drug-likeness (QED) is 0.396. The molecule has 0 radical (unpaired) electrons. The molecular formula is C25H32Cl2FN3O4S. The van der Waals surface area contributed by atoms with Crippen LogP contribution in [0.5, 0.6) is 0 Å². The molecule has 0 aliphatic rings. The van der Waals surface area contributed by atoms with Crippen LogP contribution < -0.4 is 9.62 Å². The van der Waals surface area contributed by atoms with Crippen LogP contribution >= 0.6 is 23.2 Å². The van der Waals surface area contributed by atoms with Crippen molar-refractivity contribution in [3.63, 3.8) is 0 Å². The molecule has 198 valence electrons. The zero-order valence-electron chi connectivity index (χ0n) is 20.8. The number of amides is 2. The Bertz CT molecular complexity index is 1160. The summed E-state index contributed by atoms with van der Waals surface area (Å²) >= 11 is 12.1. The number of rotatable bonds is 12. The number of sulfonamides is 1. The van der Waals surface area contributed by atoms with Gasteiger partial charge in [-0.2, -0.15) is 0 Å². The third-order valence-electron chi connectivity index (χ3n) is 5.77. The molecule has 2 rings (SSSR count). The van der Waals surface area contributed by atoms with E-state index in [1.165, 1.54) is 29.2 Å². The van der Waals surface area contributed by atoms with Crippen LogP contribution in [0.25, 0.3) is 0 Å². The van der Waals surface area contributed by atoms with Gasteiger partial charge in [0, 0.05) is 25.6 Å². The highest BCUT2D eigenvalue weighted by molar-refractivity contribution is 7.92. The zero-order chi connectivity index (χ0) is 27.0. The lowest BCUT2D eigenvalue weighted by Crippen LogP contribution is -2.49. The Morgan fingerprint density at radius 2 is 1.69 bits per heavy atom. The summed E-state index contributed by atoms with van der Waals surface area (Å²) in [6, 6.07) is 9.26. The third kappa shape index (κ3) is 8.64. The molecule has 0 aliphatic heterocycles. The topological polar surface area (TPSA) is 86.8 Å². The monoisotopic (exact) mass is 559 g/mol. The number of nitrogens with zero attached hydrogens (tertiary/aromatic N) is 2. The average molecular weight is 561 g/mol. The van der Waals surface area contributed by atoms with E-state index in [4.69, 9.17) is 23.2 Å². The first kappa shape index (κ1) is 29.9. The predicted molar refractivity (Wildman–Crippen MR) is 142 cm³/mol. The Kier molecular flexibility index (Phi) is 11.0. The summed E-state index contributed by atoms with van der Waals surface area (Å²) in [4.78, 5) is 27.6. The van der Waals surface area contributed by atoms with Gasteiger partial charge in [-0.3, -0.25) is 13.9 Å². The van der Waals surface area contributed by atoms with Gasteiger partial charge >= 0.3 is 0 Å². The van der Waals surface area contributed by atoms with Crippen molar-refractivity contribution < 1.29 is 22.4 Å². The molecule has 0 spiro atoms. The molecule has 2 aromatic carbocycles. The van der Waals surface area contributed by atoms with Crippen molar-refractivity contribution in [2.45, 2.75) is 58.7 Å². The maximum Gasteiger partial charge on any atom is 0.242 e. The van der Waals surface area contributed by atoms with Crippen LogP contribution in [0, 0.1) is 5.82 Å². The van der Waals surface area contributed by atoms with Crippen LogP contribution in [-0.4, -0.2) is 50.0 Å². The molecule has 11 heteroatoms. The number of benzene rings is 2. The number of hydrogen-bond donors (Lipinski definition) is 1. The fourth-order valence-corrected chi connectivity index (χ4v) is 4.78. The van der Waals surface area contributed by atoms with Crippen LogP contribution in [0.3, 0.4) is 0 Å². The summed E-state index contributed by atoms with van der Waals surface area (Å²) < 4.78 is 39.1. The minimum absolute atomic E-state index is 0.00448. The van der Waals surface area contributed by atoms with Gasteiger partial charge in [-0.25, -0.2) is 12.8 Å². The first-order chi connectivity index (χ1) is 16.8. The van der Waals surface area contributed by atoms with Crippen molar-refractivity contribution in [3.05, 3.63) is 63.9 Å². The van der Waals surface area contributed by atoms with Crippen molar-refractivity contribution in [2.75, 3.05) is 17.1 Å². The summed E-state index contributed by atoms with van der Waals surface area (Å²) in [5.41, 5.74) is 1.00. The van der Waals surface area contributed by atoms with E-state index in [0.29, 0.717) is 21.3 Å². The Morgan fingerprint density at radius 1 is 1.06 bits per heavy atom. The molecule has 2 atom stereocenters. The van der Waals surface area contributed by atoms with E-state index in [1.54, 1.807) is 25.1 Å². The van der Waals surface area contributed by atoms with E-state index < -0.39 is 21.9 Å². The molecule has 0 saturated carbocycles. The van der Waals surface area contributed by atoms with Crippen LogP contribution in [0.15, 0.2) is 42.5 Å². The largest absolute Gasteiger partial charge is 0.352 e. The number of anilines is 1. The maximum absolute atomic E-state index is 13.3. The van der Waals surface area contributed by atoms with Gasteiger partial charge in [0.25, 0.3) is 0 Å². The minimum Gasteiger partial charge on any atom is -0.352 e. The van der Waals surface area contributed by atoms with Gasteiger partial charge in [0.1, 0.15) is 11.9 Å². The molecule has 2 amide bonds. The predicted octanol–water partition coefficient (Wildman–Crippen LogP) is 5.01. The van der Waals surface area contributed by atoms with Gasteiger partial charge in [0.05, 0.1) is 22.0 Å². The zero-order valence-corrected chi connectivity index (χ0v) is 23.1. The fourth-order valence-electron chi connectivity index (χ4n) is 3.49. The molecule has 1 N–H and O–H groups in total. The lowest BCUT2D eigenvalue weighted by molar-refractivity contribution is -0.140. The SMILES string of the molecule is CC[C@H](C)NC(=O)[C@@H](C)N(Cc1ccc(Cl)c(Cl)c1)C(=O)CCCN(c1ccc(F)cc1)S(C)(=O)=O. The van der Waals surface area contributed by atoms with E-state index in [0.717, 1.165) is 17.0 Å². The number of nitrogens with one attached hydrogen (secondary N) is 1. The Balaban J connectivity index is 2.19. The van der Waals surface area contributed by atoms with Crippen LogP contribution in [0.2, 0.25) is 10.0 Å². The van der Waals surface area contributed by atoms with Crippen LogP contribution in [-0.2, 0) is 26.2 Å². The van der Waals surface area contributed by atoms with Gasteiger partial charge in [-0.05, 0) is 68.7 Å². The second-order valence-electron chi connectivity index (χ2n) is 8.68. The molecule has 0 saturated heterocycles. The molecule has 0 bridgehead atoms. The van der Waals surface area contributed by atoms with Crippen LogP contribution in [0.4, 0.5) is 10.1 Å². The van der Waals surface area contributed by atoms with Crippen molar-refractivity contribution >= 4 is 50.7 Å². The Hall–Kier alpha value is -2.36. The number of halogens is 3. The molecule has 2 aromatic rings. The minimum atomic E-state index is -3.66. The Morgan fingerprint density at radius 3 is 2.25 bits per heavy atom. The van der Waals surface area contributed by atoms with Crippen molar-refractivity contribution in [1.29, 1.82) is 0 Å². The van der Waals surface area contributed by atoms with E-state index in [2.05, 4.69) is 5.32 Å². The second-order valence-corrected chi connectivity index (χ2v) is 11.4. The van der Waals surface area contributed by atoms with Crippen molar-refractivity contribution in [1.82, 2.24) is 10.2 Å². The van der Waals surface area contributed by atoms with Gasteiger partial charge in [-0.15, -0.1) is 0 Å². The first-order valence-electron chi connectivity index (χ1n) is 11.6. The molecule has 0 fully saturated rings. The van der Waals surface area contributed by atoms with Crippen molar-refractivity contribution in [3.8, 4) is 0 Å².